The summed E-state index contributed by atoms with van der Waals surface area (Å²) in [5.74, 6) is -0.720. The molecule has 1 aliphatic rings. The van der Waals surface area contributed by atoms with Crippen molar-refractivity contribution in [2.75, 3.05) is 12.4 Å². The monoisotopic (exact) mass is 300 g/mol. The van der Waals surface area contributed by atoms with Crippen LogP contribution in [-0.2, 0) is 4.74 Å². The molecule has 9 heteroatoms. The standard InChI is InChI=1S/C9H8ClF3N2O2S/c1-17-6(16)4-5(10)14-7(18-4)15-8(2-3-8)9(11,12)13/h2-3H2,1H3,(H,14,15). The topological polar surface area (TPSA) is 51.2 Å². The molecule has 2 rings (SSSR count). The van der Waals surface area contributed by atoms with E-state index in [-0.39, 0.29) is 28.0 Å². The van der Waals surface area contributed by atoms with E-state index in [1.807, 2.05) is 0 Å². The van der Waals surface area contributed by atoms with Gasteiger partial charge in [-0.2, -0.15) is 13.2 Å². The molecule has 0 bridgehead atoms. The van der Waals surface area contributed by atoms with Crippen molar-refractivity contribution in [2.24, 2.45) is 0 Å². The number of aromatic nitrogens is 1. The van der Waals surface area contributed by atoms with Gasteiger partial charge in [0.15, 0.2) is 15.2 Å². The Hall–Kier alpha value is -1.02. The summed E-state index contributed by atoms with van der Waals surface area (Å²) in [6.45, 7) is 0. The molecule has 1 aliphatic carbocycles. The minimum absolute atomic E-state index is 0.0126. The van der Waals surface area contributed by atoms with Gasteiger partial charge in [0.25, 0.3) is 0 Å². The van der Waals surface area contributed by atoms with Gasteiger partial charge in [-0.3, -0.25) is 0 Å². The van der Waals surface area contributed by atoms with Crippen LogP contribution in [0.1, 0.15) is 22.5 Å². The molecule has 1 heterocycles. The lowest BCUT2D eigenvalue weighted by molar-refractivity contribution is -0.151. The maximum absolute atomic E-state index is 12.7. The van der Waals surface area contributed by atoms with Gasteiger partial charge in [-0.25, -0.2) is 9.78 Å². The quantitative estimate of drug-likeness (QED) is 0.872. The fourth-order valence-corrected chi connectivity index (χ4v) is 2.58. The number of carbonyl (C=O) groups is 1. The summed E-state index contributed by atoms with van der Waals surface area (Å²) in [7, 11) is 1.16. The smallest absolute Gasteiger partial charge is 0.411 e. The number of rotatable bonds is 3. The zero-order chi connectivity index (χ0) is 13.6. The van der Waals surface area contributed by atoms with E-state index in [9.17, 15) is 18.0 Å². The molecule has 100 valence electrons. The average molecular weight is 301 g/mol. The number of esters is 1. The van der Waals surface area contributed by atoms with Gasteiger partial charge in [0.1, 0.15) is 5.54 Å². The number of nitrogens with zero attached hydrogens (tertiary/aromatic N) is 1. The number of alkyl halides is 3. The summed E-state index contributed by atoms with van der Waals surface area (Å²) >= 11 is 6.41. The molecule has 1 fully saturated rings. The minimum atomic E-state index is -4.35. The normalized spacial score (nSPS) is 17.4. The highest BCUT2D eigenvalue weighted by atomic mass is 35.5. The summed E-state index contributed by atoms with van der Waals surface area (Å²) in [6.07, 6.45) is -4.38. The van der Waals surface area contributed by atoms with Gasteiger partial charge in [0, 0.05) is 0 Å². The van der Waals surface area contributed by atoms with Crippen molar-refractivity contribution in [3.05, 3.63) is 10.0 Å². The lowest BCUT2D eigenvalue weighted by Crippen LogP contribution is -2.38. The van der Waals surface area contributed by atoms with Crippen molar-refractivity contribution < 1.29 is 22.7 Å². The van der Waals surface area contributed by atoms with Crippen molar-refractivity contribution in [1.82, 2.24) is 4.98 Å². The molecule has 0 saturated heterocycles. The maximum atomic E-state index is 12.7. The van der Waals surface area contributed by atoms with Crippen LogP contribution in [0, 0.1) is 0 Å². The van der Waals surface area contributed by atoms with Crippen molar-refractivity contribution in [2.45, 2.75) is 24.6 Å². The Morgan fingerprint density at radius 3 is 2.61 bits per heavy atom. The fourth-order valence-electron chi connectivity index (χ4n) is 1.38. The van der Waals surface area contributed by atoms with E-state index in [0.717, 1.165) is 18.4 Å². The van der Waals surface area contributed by atoms with Crippen molar-refractivity contribution >= 4 is 34.0 Å². The molecule has 18 heavy (non-hydrogen) atoms. The van der Waals surface area contributed by atoms with Gasteiger partial charge < -0.3 is 10.1 Å². The van der Waals surface area contributed by atoms with Crippen LogP contribution < -0.4 is 5.32 Å². The molecule has 0 atom stereocenters. The van der Waals surface area contributed by atoms with Crippen LogP contribution in [0.5, 0.6) is 0 Å². The average Bonchev–Trinajstić information content (AvgIpc) is 2.96. The summed E-state index contributed by atoms with van der Waals surface area (Å²) in [5, 5.41) is 2.11. The third-order valence-corrected chi connectivity index (χ3v) is 3.93. The number of hydrogen-bond acceptors (Lipinski definition) is 5. The molecule has 1 aromatic rings. The predicted molar refractivity (Wildman–Crippen MR) is 60.1 cm³/mol. The largest absolute Gasteiger partial charge is 0.465 e. The zero-order valence-corrected chi connectivity index (χ0v) is 10.7. The summed E-state index contributed by atoms with van der Waals surface area (Å²) < 4.78 is 42.6. The van der Waals surface area contributed by atoms with Crippen molar-refractivity contribution in [1.29, 1.82) is 0 Å². The highest BCUT2D eigenvalue weighted by Crippen LogP contribution is 2.51. The minimum Gasteiger partial charge on any atom is -0.465 e. The first-order chi connectivity index (χ1) is 8.29. The van der Waals surface area contributed by atoms with Crippen LogP contribution in [0.2, 0.25) is 5.15 Å². The molecule has 1 N–H and O–H groups in total. The van der Waals surface area contributed by atoms with E-state index in [4.69, 9.17) is 11.6 Å². The van der Waals surface area contributed by atoms with Gasteiger partial charge in [-0.1, -0.05) is 22.9 Å². The van der Waals surface area contributed by atoms with E-state index in [2.05, 4.69) is 15.0 Å². The Kier molecular flexibility index (Phi) is 3.18. The number of nitrogens with one attached hydrogen (secondary N) is 1. The number of anilines is 1. The van der Waals surface area contributed by atoms with Crippen molar-refractivity contribution in [3.63, 3.8) is 0 Å². The van der Waals surface area contributed by atoms with E-state index < -0.39 is 17.7 Å². The molecule has 0 aliphatic heterocycles. The number of hydrogen-bond donors (Lipinski definition) is 1. The first-order valence-electron chi connectivity index (χ1n) is 4.88. The molecule has 0 amide bonds. The van der Waals surface area contributed by atoms with Gasteiger partial charge in [0.05, 0.1) is 7.11 Å². The lowest BCUT2D eigenvalue weighted by atomic mass is 10.3. The molecule has 4 nitrogen and oxygen atoms in total. The Morgan fingerprint density at radius 1 is 1.56 bits per heavy atom. The third-order valence-electron chi connectivity index (χ3n) is 2.60. The highest BCUT2D eigenvalue weighted by molar-refractivity contribution is 7.18. The van der Waals surface area contributed by atoms with Crippen LogP contribution in [0.4, 0.5) is 18.3 Å². The van der Waals surface area contributed by atoms with Gasteiger partial charge >= 0.3 is 12.1 Å². The molecular weight excluding hydrogens is 293 g/mol. The van der Waals surface area contributed by atoms with Crippen LogP contribution >= 0.6 is 22.9 Å². The third kappa shape index (κ3) is 2.26. The summed E-state index contributed by atoms with van der Waals surface area (Å²) in [6, 6.07) is 0. The predicted octanol–water partition coefficient (Wildman–Crippen LogP) is 3.09. The highest BCUT2D eigenvalue weighted by Gasteiger charge is 2.64. The fraction of sp³-hybridized carbons (Fsp3) is 0.556. The molecule has 1 saturated carbocycles. The van der Waals surface area contributed by atoms with Crippen LogP contribution in [-0.4, -0.2) is 29.8 Å². The zero-order valence-electron chi connectivity index (χ0n) is 9.10. The van der Waals surface area contributed by atoms with Gasteiger partial charge in [-0.15, -0.1) is 0 Å². The summed E-state index contributed by atoms with van der Waals surface area (Å²) in [5.41, 5.74) is -1.93. The Labute approximate surface area is 109 Å². The second-order valence-electron chi connectivity index (χ2n) is 3.84. The number of thiazole rings is 1. The molecule has 0 aromatic carbocycles. The first-order valence-corrected chi connectivity index (χ1v) is 6.08. The molecule has 0 unspecified atom stereocenters. The van der Waals surface area contributed by atoms with E-state index >= 15 is 0 Å². The summed E-state index contributed by atoms with van der Waals surface area (Å²) in [4.78, 5) is 14.9. The maximum Gasteiger partial charge on any atom is 0.411 e. The molecule has 0 spiro atoms. The van der Waals surface area contributed by atoms with Gasteiger partial charge in [0.2, 0.25) is 0 Å². The van der Waals surface area contributed by atoms with Crippen LogP contribution in [0.3, 0.4) is 0 Å². The van der Waals surface area contributed by atoms with Gasteiger partial charge in [-0.05, 0) is 12.8 Å². The number of methoxy groups -OCH3 is 1. The second kappa shape index (κ2) is 4.27. The SMILES string of the molecule is COC(=O)c1sc(NC2(C(F)(F)F)CC2)nc1Cl. The molecule has 1 aromatic heterocycles. The Balaban J connectivity index is 2.19. The molecular formula is C9H8ClF3N2O2S. The Bertz CT molecular complexity index is 485. The number of halogens is 4. The van der Waals surface area contributed by atoms with E-state index in [1.165, 1.54) is 0 Å². The molecule has 0 radical (unpaired) electrons. The van der Waals surface area contributed by atoms with E-state index in [0.29, 0.717) is 0 Å². The van der Waals surface area contributed by atoms with Crippen molar-refractivity contribution in [3.8, 4) is 0 Å². The number of carbonyl (C=O) groups excluding carboxylic acids is 1. The van der Waals surface area contributed by atoms with Crippen LogP contribution in [0.15, 0.2) is 0 Å². The number of ether oxygens (including phenoxy) is 1. The second-order valence-corrected chi connectivity index (χ2v) is 5.19. The van der Waals surface area contributed by atoms with Crippen LogP contribution in [0.25, 0.3) is 0 Å². The first kappa shape index (κ1) is 13.4. The lowest BCUT2D eigenvalue weighted by Gasteiger charge is -2.19. The van der Waals surface area contributed by atoms with E-state index in [1.54, 1.807) is 0 Å². The Morgan fingerprint density at radius 2 is 2.17 bits per heavy atom.